The van der Waals surface area contributed by atoms with Gasteiger partial charge in [0.2, 0.25) is 0 Å². The van der Waals surface area contributed by atoms with Gasteiger partial charge in [0.15, 0.2) is 0 Å². The summed E-state index contributed by atoms with van der Waals surface area (Å²) in [6.45, 7) is 2.16. The van der Waals surface area contributed by atoms with E-state index in [0.29, 0.717) is 6.42 Å². The van der Waals surface area contributed by atoms with Crippen LogP contribution in [0.2, 0.25) is 0 Å². The molecule has 1 N–H and O–H groups in total. The summed E-state index contributed by atoms with van der Waals surface area (Å²) >= 11 is 0. The number of rotatable bonds is 8. The van der Waals surface area contributed by atoms with Crippen molar-refractivity contribution in [3.8, 4) is 5.69 Å². The molecule has 1 aromatic carbocycles. The highest BCUT2D eigenvalue weighted by Crippen LogP contribution is 2.16. The van der Waals surface area contributed by atoms with Crippen molar-refractivity contribution >= 4 is 5.97 Å². The molecular weight excluding hydrogens is 266 g/mol. The monoisotopic (exact) mass is 287 g/mol. The summed E-state index contributed by atoms with van der Waals surface area (Å²) in [5.41, 5.74) is 3.25. The molecule has 112 valence electrons. The van der Waals surface area contributed by atoms with Crippen LogP contribution < -0.4 is 0 Å². The van der Waals surface area contributed by atoms with Crippen LogP contribution in [0.4, 0.5) is 0 Å². The summed E-state index contributed by atoms with van der Waals surface area (Å²) in [5, 5.41) is 17.0. The van der Waals surface area contributed by atoms with Crippen molar-refractivity contribution in [2.75, 3.05) is 0 Å². The first-order chi connectivity index (χ1) is 10.2. The van der Waals surface area contributed by atoms with Crippen LogP contribution in [-0.4, -0.2) is 26.1 Å². The van der Waals surface area contributed by atoms with E-state index in [1.165, 1.54) is 5.56 Å². The standard InChI is InChI=1S/C16H21N3O2/c1-2-7-13-8-3-5-10-15(13)19-12-14(17-18-19)9-4-6-11-16(20)21/h3,5,8,10,12H,2,4,6-7,9,11H2,1H3,(H,20,21). The second-order valence-electron chi connectivity index (χ2n) is 5.13. The van der Waals surface area contributed by atoms with Gasteiger partial charge < -0.3 is 5.11 Å². The zero-order valence-corrected chi connectivity index (χ0v) is 12.3. The number of hydrogen-bond acceptors (Lipinski definition) is 3. The molecule has 0 unspecified atom stereocenters. The van der Waals surface area contributed by atoms with Crippen LogP contribution in [0.5, 0.6) is 0 Å². The van der Waals surface area contributed by atoms with Gasteiger partial charge in [-0.25, -0.2) is 4.68 Å². The number of carboxylic acids is 1. The van der Waals surface area contributed by atoms with Gasteiger partial charge in [0.25, 0.3) is 0 Å². The van der Waals surface area contributed by atoms with E-state index in [1.54, 1.807) is 0 Å². The van der Waals surface area contributed by atoms with Gasteiger partial charge in [-0.3, -0.25) is 4.79 Å². The Morgan fingerprint density at radius 3 is 2.81 bits per heavy atom. The fourth-order valence-electron chi connectivity index (χ4n) is 2.33. The van der Waals surface area contributed by atoms with Crippen molar-refractivity contribution < 1.29 is 9.90 Å². The lowest BCUT2D eigenvalue weighted by atomic mass is 10.1. The minimum absolute atomic E-state index is 0.216. The first-order valence-electron chi connectivity index (χ1n) is 7.42. The normalized spacial score (nSPS) is 10.7. The fraction of sp³-hybridized carbons (Fsp3) is 0.438. The summed E-state index contributed by atoms with van der Waals surface area (Å²) in [5.74, 6) is -0.743. The minimum Gasteiger partial charge on any atom is -0.481 e. The van der Waals surface area contributed by atoms with Crippen molar-refractivity contribution in [3.05, 3.63) is 41.7 Å². The SMILES string of the molecule is CCCc1ccccc1-n1cc(CCCCC(=O)O)nn1. The van der Waals surface area contributed by atoms with Crippen molar-refractivity contribution in [1.82, 2.24) is 15.0 Å². The molecule has 0 aliphatic carbocycles. The van der Waals surface area contributed by atoms with E-state index < -0.39 is 5.97 Å². The summed E-state index contributed by atoms with van der Waals surface area (Å²) in [4.78, 5) is 10.5. The van der Waals surface area contributed by atoms with E-state index in [-0.39, 0.29) is 6.42 Å². The number of unbranched alkanes of at least 4 members (excludes halogenated alkanes) is 1. The van der Waals surface area contributed by atoms with E-state index in [2.05, 4.69) is 23.3 Å². The highest BCUT2D eigenvalue weighted by atomic mass is 16.4. The number of hydrogen-bond donors (Lipinski definition) is 1. The van der Waals surface area contributed by atoms with Crippen molar-refractivity contribution in [2.24, 2.45) is 0 Å². The Labute approximate surface area is 124 Å². The Morgan fingerprint density at radius 1 is 1.24 bits per heavy atom. The minimum atomic E-state index is -0.743. The first kappa shape index (κ1) is 15.2. The summed E-state index contributed by atoms with van der Waals surface area (Å²) in [7, 11) is 0. The Balaban J connectivity index is 2.01. The number of nitrogens with zero attached hydrogens (tertiary/aromatic N) is 3. The predicted molar refractivity (Wildman–Crippen MR) is 80.5 cm³/mol. The zero-order chi connectivity index (χ0) is 15.1. The van der Waals surface area contributed by atoms with Crippen LogP contribution in [-0.2, 0) is 17.6 Å². The predicted octanol–water partition coefficient (Wildman–Crippen LogP) is 3.02. The van der Waals surface area contributed by atoms with Crippen LogP contribution in [0.15, 0.2) is 30.5 Å². The van der Waals surface area contributed by atoms with Gasteiger partial charge in [0.05, 0.1) is 17.6 Å². The number of carboxylic acid groups (broad SMARTS) is 1. The van der Waals surface area contributed by atoms with Gasteiger partial charge in [-0.2, -0.15) is 0 Å². The molecule has 0 spiro atoms. The maximum absolute atomic E-state index is 10.5. The fourth-order valence-corrected chi connectivity index (χ4v) is 2.33. The third kappa shape index (κ3) is 4.41. The third-order valence-electron chi connectivity index (χ3n) is 3.37. The number of aryl methyl sites for hydroxylation is 2. The average Bonchev–Trinajstić information content (AvgIpc) is 2.93. The lowest BCUT2D eigenvalue weighted by Gasteiger charge is -2.07. The number of benzene rings is 1. The maximum atomic E-state index is 10.5. The van der Waals surface area contributed by atoms with Gasteiger partial charge >= 0.3 is 5.97 Å². The largest absolute Gasteiger partial charge is 0.481 e. The molecule has 2 aromatic rings. The van der Waals surface area contributed by atoms with Crippen molar-refractivity contribution in [2.45, 2.75) is 45.4 Å². The molecule has 0 saturated carbocycles. The molecule has 0 aliphatic rings. The van der Waals surface area contributed by atoms with E-state index in [9.17, 15) is 4.79 Å². The van der Waals surface area contributed by atoms with Crippen LogP contribution in [0.1, 0.15) is 43.9 Å². The first-order valence-corrected chi connectivity index (χ1v) is 7.42. The van der Waals surface area contributed by atoms with Crippen LogP contribution in [0, 0.1) is 0 Å². The van der Waals surface area contributed by atoms with E-state index >= 15 is 0 Å². The van der Waals surface area contributed by atoms with Crippen molar-refractivity contribution in [1.29, 1.82) is 0 Å². The van der Waals surface area contributed by atoms with E-state index in [1.807, 2.05) is 29.1 Å². The molecule has 5 nitrogen and oxygen atoms in total. The topological polar surface area (TPSA) is 68.0 Å². The molecule has 2 rings (SSSR count). The van der Waals surface area contributed by atoms with Gasteiger partial charge in [0, 0.05) is 6.42 Å². The lowest BCUT2D eigenvalue weighted by molar-refractivity contribution is -0.137. The quantitative estimate of drug-likeness (QED) is 0.758. The molecule has 1 heterocycles. The molecule has 5 heteroatoms. The average molecular weight is 287 g/mol. The van der Waals surface area contributed by atoms with Crippen LogP contribution >= 0.6 is 0 Å². The molecule has 0 aliphatic heterocycles. The highest BCUT2D eigenvalue weighted by molar-refractivity contribution is 5.66. The molecule has 0 radical (unpaired) electrons. The van der Waals surface area contributed by atoms with Gasteiger partial charge in [0.1, 0.15) is 0 Å². The number of aromatic nitrogens is 3. The molecular formula is C16H21N3O2. The number of para-hydroxylation sites is 1. The van der Waals surface area contributed by atoms with Crippen LogP contribution in [0.3, 0.4) is 0 Å². The molecule has 21 heavy (non-hydrogen) atoms. The van der Waals surface area contributed by atoms with E-state index in [0.717, 1.165) is 37.1 Å². The Morgan fingerprint density at radius 2 is 2.05 bits per heavy atom. The van der Waals surface area contributed by atoms with Gasteiger partial charge in [-0.15, -0.1) is 5.10 Å². The second-order valence-corrected chi connectivity index (χ2v) is 5.13. The Hall–Kier alpha value is -2.17. The van der Waals surface area contributed by atoms with Crippen LogP contribution in [0.25, 0.3) is 5.69 Å². The zero-order valence-electron chi connectivity index (χ0n) is 12.3. The van der Waals surface area contributed by atoms with Gasteiger partial charge in [-0.05, 0) is 37.3 Å². The molecule has 0 fully saturated rings. The third-order valence-corrected chi connectivity index (χ3v) is 3.37. The molecule has 0 bridgehead atoms. The smallest absolute Gasteiger partial charge is 0.303 e. The number of carbonyl (C=O) groups is 1. The van der Waals surface area contributed by atoms with Gasteiger partial charge in [-0.1, -0.05) is 36.8 Å². The maximum Gasteiger partial charge on any atom is 0.303 e. The molecule has 0 amide bonds. The lowest BCUT2D eigenvalue weighted by Crippen LogP contribution is -2.00. The second kappa shape index (κ2) is 7.57. The molecule has 0 saturated heterocycles. The Kier molecular flexibility index (Phi) is 5.49. The summed E-state index contributed by atoms with van der Waals surface area (Å²) < 4.78 is 1.82. The van der Waals surface area contributed by atoms with Crippen molar-refractivity contribution in [3.63, 3.8) is 0 Å². The summed E-state index contributed by atoms with van der Waals surface area (Å²) in [6, 6.07) is 8.21. The molecule has 1 aromatic heterocycles. The number of aliphatic carboxylic acids is 1. The summed E-state index contributed by atoms with van der Waals surface area (Å²) in [6.07, 6.45) is 6.53. The van der Waals surface area contributed by atoms with E-state index in [4.69, 9.17) is 5.11 Å². The highest BCUT2D eigenvalue weighted by Gasteiger charge is 2.07. The Bertz CT molecular complexity index is 593. The molecule has 0 atom stereocenters.